The predicted octanol–water partition coefficient (Wildman–Crippen LogP) is 19.1. The van der Waals surface area contributed by atoms with Crippen LogP contribution in [0.5, 0.6) is 0 Å². The van der Waals surface area contributed by atoms with Gasteiger partial charge < -0.3 is 31.1 Å². The molecule has 0 heterocycles. The van der Waals surface area contributed by atoms with E-state index < -0.39 is 0 Å². The Balaban J connectivity index is 1.81. The van der Waals surface area contributed by atoms with Gasteiger partial charge >= 0.3 is 0 Å². The highest BCUT2D eigenvalue weighted by molar-refractivity contribution is 6.12. The summed E-state index contributed by atoms with van der Waals surface area (Å²) in [5.41, 5.74) is 30.7. The summed E-state index contributed by atoms with van der Waals surface area (Å²) in [5, 5.41) is 0. The van der Waals surface area contributed by atoms with Crippen LogP contribution in [0.1, 0.15) is 162 Å². The third kappa shape index (κ3) is 18.5. The lowest BCUT2D eigenvalue weighted by molar-refractivity contribution is 0.535. The normalized spacial score (nSPS) is 12.0. The Kier molecular flexibility index (Phi) is 24.5. The first-order valence-electron chi connectivity index (χ1n) is 30.3. The van der Waals surface area contributed by atoms with Gasteiger partial charge in [0.2, 0.25) is 0 Å². The van der Waals surface area contributed by atoms with Gasteiger partial charge in [-0.05, 0) is 169 Å². The van der Waals surface area contributed by atoms with Crippen molar-refractivity contribution in [3.63, 3.8) is 0 Å². The second-order valence-electron chi connectivity index (χ2n) is 25.9. The molecule has 0 aromatic heterocycles. The zero-order valence-electron chi connectivity index (χ0n) is 51.1. The summed E-state index contributed by atoms with van der Waals surface area (Å²) in [6.45, 7) is 45.6. The van der Waals surface area contributed by atoms with Gasteiger partial charge in [0.05, 0.1) is 0 Å². The molecular weight excluding hydrogens is 925 g/mol. The first-order valence-corrected chi connectivity index (χ1v) is 30.3. The van der Waals surface area contributed by atoms with Gasteiger partial charge in [-0.25, -0.2) is 0 Å². The topological polar surface area (TPSA) is 65.0 Å². The monoisotopic (exact) mass is 1030 g/mol. The molecule has 6 nitrogen and oxygen atoms in total. The number of hydrogen-bond acceptors (Lipinski definition) is 6. The van der Waals surface area contributed by atoms with Crippen molar-refractivity contribution >= 4 is 34.1 Å². The van der Waals surface area contributed by atoms with Crippen LogP contribution in [0.4, 0.5) is 34.1 Å². The lowest BCUT2D eigenvalue weighted by Gasteiger charge is -2.29. The van der Waals surface area contributed by atoms with E-state index in [0.717, 1.165) is 160 Å². The Hall–Kier alpha value is -5.10. The SMILES string of the molecule is CC(C)CCN(CCC(C)C)c1ccc(-c2c(N)c(-c3ccc(N(CCC(C)C)CCC(C)C)cc3)c(-c3ccc(N(CCC(C)C)CCC(C)C)cc3)c(N)c2-c2ccc(N(CCC(C)C)CCC(C)C)cc2)cc1. The summed E-state index contributed by atoms with van der Waals surface area (Å²) in [6, 6.07) is 37.1. The molecule has 0 atom stereocenters. The third-order valence-electron chi connectivity index (χ3n) is 15.5. The smallest absolute Gasteiger partial charge is 0.0487 e. The number of anilines is 6. The molecule has 0 aliphatic carbocycles. The van der Waals surface area contributed by atoms with Gasteiger partial charge in [-0.15, -0.1) is 0 Å². The van der Waals surface area contributed by atoms with Crippen LogP contribution in [-0.4, -0.2) is 52.4 Å². The van der Waals surface area contributed by atoms with E-state index in [-0.39, 0.29) is 0 Å². The van der Waals surface area contributed by atoms with Gasteiger partial charge in [0.15, 0.2) is 0 Å². The van der Waals surface area contributed by atoms with E-state index >= 15 is 0 Å². The maximum atomic E-state index is 7.95. The summed E-state index contributed by atoms with van der Waals surface area (Å²) in [6.07, 6.45) is 9.23. The number of nitrogens with two attached hydrogens (primary N) is 2. The van der Waals surface area contributed by atoms with E-state index in [9.17, 15) is 0 Å². The molecule has 0 bridgehead atoms. The predicted molar refractivity (Wildman–Crippen MR) is 342 cm³/mol. The highest BCUT2D eigenvalue weighted by Gasteiger charge is 2.27. The minimum atomic E-state index is 0.633. The Morgan fingerprint density at radius 1 is 0.237 bits per heavy atom. The van der Waals surface area contributed by atoms with Crippen LogP contribution in [0.25, 0.3) is 44.5 Å². The lowest BCUT2D eigenvalue weighted by atomic mass is 9.82. The van der Waals surface area contributed by atoms with Crippen molar-refractivity contribution in [2.45, 2.75) is 162 Å². The van der Waals surface area contributed by atoms with Crippen LogP contribution in [-0.2, 0) is 0 Å². The fourth-order valence-electron chi connectivity index (χ4n) is 10.1. The molecule has 0 saturated carbocycles. The van der Waals surface area contributed by atoms with Crippen LogP contribution in [0.3, 0.4) is 0 Å². The Bertz CT molecular complexity index is 2040. The molecule has 4 N–H and O–H groups in total. The molecule has 0 unspecified atom stereocenters. The van der Waals surface area contributed by atoms with Crippen molar-refractivity contribution in [2.75, 3.05) is 83.4 Å². The fraction of sp³-hybridized carbons (Fsp3) is 0.571. The van der Waals surface area contributed by atoms with E-state index in [1.165, 1.54) is 22.7 Å². The van der Waals surface area contributed by atoms with E-state index in [1.807, 2.05) is 0 Å². The van der Waals surface area contributed by atoms with Crippen LogP contribution in [0.2, 0.25) is 0 Å². The number of rotatable bonds is 32. The molecule has 5 aromatic carbocycles. The molecule has 0 fully saturated rings. The minimum Gasteiger partial charge on any atom is -0.398 e. The summed E-state index contributed by atoms with van der Waals surface area (Å²) in [5.74, 6) is 5.07. The van der Waals surface area contributed by atoms with Crippen molar-refractivity contribution in [1.29, 1.82) is 0 Å². The van der Waals surface area contributed by atoms with Crippen molar-refractivity contribution < 1.29 is 0 Å². The van der Waals surface area contributed by atoms with Crippen LogP contribution >= 0.6 is 0 Å². The van der Waals surface area contributed by atoms with Crippen LogP contribution in [0, 0.1) is 47.3 Å². The van der Waals surface area contributed by atoms with Gasteiger partial charge in [0, 0.05) is 109 Å². The standard InChI is InChI=1S/C70H108N6/c1-49(2)33-41-73(42-34-50(3)4)61-25-17-57(18-26-61)65-66(58-19-27-62(28-20-58)74(43-35-51(5)6)44-36-52(7)8)70(72)68(60-23-31-64(32-24-60)76(47-39-55(13)14)48-40-56(15)16)67(69(65)71)59-21-29-63(30-22-59)75(45-37-53(9)10)46-38-54(11)12/h17-32,49-56H,33-48,71-72H2,1-16H3. The molecule has 0 saturated heterocycles. The Morgan fingerprint density at radius 3 is 0.487 bits per heavy atom. The highest BCUT2D eigenvalue weighted by atomic mass is 15.1. The van der Waals surface area contributed by atoms with E-state index in [4.69, 9.17) is 11.5 Å². The molecule has 6 heteroatoms. The summed E-state index contributed by atoms with van der Waals surface area (Å²) in [7, 11) is 0. The third-order valence-corrected chi connectivity index (χ3v) is 15.5. The lowest BCUT2D eigenvalue weighted by Crippen LogP contribution is -2.27. The molecule has 0 radical (unpaired) electrons. The molecule has 418 valence electrons. The second kappa shape index (κ2) is 30.2. The molecule has 0 aliphatic rings. The molecule has 76 heavy (non-hydrogen) atoms. The zero-order chi connectivity index (χ0) is 55.6. The first kappa shape index (κ1) is 61.7. The first-order chi connectivity index (χ1) is 36.1. The van der Waals surface area contributed by atoms with Crippen molar-refractivity contribution in [2.24, 2.45) is 47.3 Å². The maximum Gasteiger partial charge on any atom is 0.0487 e. The largest absolute Gasteiger partial charge is 0.398 e. The zero-order valence-corrected chi connectivity index (χ0v) is 51.1. The van der Waals surface area contributed by atoms with Crippen LogP contribution < -0.4 is 31.1 Å². The Labute approximate surface area is 466 Å². The highest BCUT2D eigenvalue weighted by Crippen LogP contribution is 2.52. The van der Waals surface area contributed by atoms with Gasteiger partial charge in [0.25, 0.3) is 0 Å². The molecule has 5 aromatic rings. The fourth-order valence-corrected chi connectivity index (χ4v) is 10.1. The van der Waals surface area contributed by atoms with E-state index in [2.05, 4.69) is 227 Å². The number of benzene rings is 5. The van der Waals surface area contributed by atoms with E-state index in [0.29, 0.717) is 47.3 Å². The van der Waals surface area contributed by atoms with E-state index in [1.54, 1.807) is 0 Å². The van der Waals surface area contributed by atoms with Crippen molar-refractivity contribution in [3.05, 3.63) is 97.1 Å². The molecular formula is C70H108N6. The van der Waals surface area contributed by atoms with Gasteiger partial charge in [-0.1, -0.05) is 159 Å². The number of nitrogens with zero attached hydrogens (tertiary/aromatic N) is 4. The summed E-state index contributed by atoms with van der Waals surface area (Å²) < 4.78 is 0. The minimum absolute atomic E-state index is 0.633. The van der Waals surface area contributed by atoms with Gasteiger partial charge in [0.1, 0.15) is 0 Å². The van der Waals surface area contributed by atoms with Gasteiger partial charge in [-0.3, -0.25) is 0 Å². The average molecular weight is 1030 g/mol. The second-order valence-corrected chi connectivity index (χ2v) is 25.9. The average Bonchev–Trinajstić information content (AvgIpc) is 3.38. The quantitative estimate of drug-likeness (QED) is 0.0419. The van der Waals surface area contributed by atoms with Crippen molar-refractivity contribution in [1.82, 2.24) is 0 Å². The number of nitrogen functional groups attached to an aromatic ring is 2. The van der Waals surface area contributed by atoms with Crippen LogP contribution in [0.15, 0.2) is 97.1 Å². The van der Waals surface area contributed by atoms with Crippen molar-refractivity contribution in [3.8, 4) is 44.5 Å². The molecule has 5 rings (SSSR count). The summed E-state index contributed by atoms with van der Waals surface area (Å²) >= 11 is 0. The van der Waals surface area contributed by atoms with Gasteiger partial charge in [-0.2, -0.15) is 0 Å². The maximum absolute atomic E-state index is 7.95. The molecule has 0 aliphatic heterocycles. The summed E-state index contributed by atoms with van der Waals surface area (Å²) in [4.78, 5) is 10.3. The Morgan fingerprint density at radius 2 is 0.368 bits per heavy atom. The number of hydrogen-bond donors (Lipinski definition) is 2. The molecule has 0 spiro atoms. The molecule has 0 amide bonds.